The molecule has 1 aromatic heterocycles. The number of amides is 1. The van der Waals surface area contributed by atoms with Crippen molar-refractivity contribution in [1.29, 1.82) is 0 Å². The Hall–Kier alpha value is -2.40. The largest absolute Gasteiger partial charge is 0.465 e. The van der Waals surface area contributed by atoms with E-state index in [0.29, 0.717) is 5.69 Å². The number of anilines is 1. The summed E-state index contributed by atoms with van der Waals surface area (Å²) in [6, 6.07) is 8.23. The summed E-state index contributed by atoms with van der Waals surface area (Å²) in [4.78, 5) is 27.8. The fourth-order valence-corrected chi connectivity index (χ4v) is 2.00. The first-order chi connectivity index (χ1) is 10.0. The Labute approximate surface area is 126 Å². The molecule has 0 bridgehead atoms. The van der Waals surface area contributed by atoms with Gasteiger partial charge in [0, 0.05) is 6.20 Å². The number of nitrogens with zero attached hydrogens (tertiary/aromatic N) is 1. The van der Waals surface area contributed by atoms with Gasteiger partial charge in [0.05, 0.1) is 23.9 Å². The SMILES string of the molecule is COC(=O)c1cc(C)ccc1NC(=O)c1cccnc1Cl. The molecule has 0 aliphatic heterocycles. The predicted molar refractivity (Wildman–Crippen MR) is 79.7 cm³/mol. The van der Waals surface area contributed by atoms with E-state index in [1.165, 1.54) is 13.3 Å². The van der Waals surface area contributed by atoms with E-state index in [1.54, 1.807) is 30.3 Å². The van der Waals surface area contributed by atoms with E-state index in [0.717, 1.165) is 5.56 Å². The number of benzene rings is 1. The lowest BCUT2D eigenvalue weighted by molar-refractivity contribution is 0.0602. The van der Waals surface area contributed by atoms with Crippen LogP contribution in [0, 0.1) is 6.92 Å². The highest BCUT2D eigenvalue weighted by Gasteiger charge is 2.16. The predicted octanol–water partition coefficient (Wildman–Crippen LogP) is 3.08. The minimum absolute atomic E-state index is 0.0988. The second-order valence-electron chi connectivity index (χ2n) is 4.34. The molecular weight excluding hydrogens is 292 g/mol. The second-order valence-corrected chi connectivity index (χ2v) is 4.69. The highest BCUT2D eigenvalue weighted by molar-refractivity contribution is 6.33. The summed E-state index contributed by atoms with van der Waals surface area (Å²) in [7, 11) is 1.29. The molecule has 0 aliphatic rings. The molecule has 0 aliphatic carbocycles. The molecule has 1 amide bonds. The number of rotatable bonds is 3. The van der Waals surface area contributed by atoms with Crippen LogP contribution in [0.2, 0.25) is 5.15 Å². The molecule has 6 heteroatoms. The van der Waals surface area contributed by atoms with Crippen LogP contribution in [0.3, 0.4) is 0 Å². The van der Waals surface area contributed by atoms with Crippen LogP contribution in [0.1, 0.15) is 26.3 Å². The van der Waals surface area contributed by atoms with Crippen LogP contribution in [-0.2, 0) is 4.74 Å². The maximum atomic E-state index is 12.2. The van der Waals surface area contributed by atoms with E-state index in [1.807, 2.05) is 6.92 Å². The van der Waals surface area contributed by atoms with Crippen molar-refractivity contribution in [2.24, 2.45) is 0 Å². The lowest BCUT2D eigenvalue weighted by atomic mass is 10.1. The highest BCUT2D eigenvalue weighted by atomic mass is 35.5. The van der Waals surface area contributed by atoms with Crippen molar-refractivity contribution in [3.8, 4) is 0 Å². The summed E-state index contributed by atoms with van der Waals surface area (Å²) < 4.78 is 4.71. The van der Waals surface area contributed by atoms with E-state index in [4.69, 9.17) is 16.3 Å². The molecule has 21 heavy (non-hydrogen) atoms. The molecule has 1 aromatic carbocycles. The average Bonchev–Trinajstić information content (AvgIpc) is 2.48. The number of aromatic nitrogens is 1. The van der Waals surface area contributed by atoms with Gasteiger partial charge < -0.3 is 10.1 Å². The van der Waals surface area contributed by atoms with Crippen molar-refractivity contribution < 1.29 is 14.3 Å². The Morgan fingerprint density at radius 2 is 2.00 bits per heavy atom. The maximum absolute atomic E-state index is 12.2. The van der Waals surface area contributed by atoms with Crippen LogP contribution in [0.4, 0.5) is 5.69 Å². The standard InChI is InChI=1S/C15H13ClN2O3/c1-9-5-6-12(11(8-9)15(20)21-2)18-14(19)10-4-3-7-17-13(10)16/h3-8H,1-2H3,(H,18,19). The van der Waals surface area contributed by atoms with E-state index < -0.39 is 11.9 Å². The number of methoxy groups -OCH3 is 1. The van der Waals surface area contributed by atoms with Gasteiger partial charge in [-0.1, -0.05) is 23.2 Å². The van der Waals surface area contributed by atoms with E-state index >= 15 is 0 Å². The summed E-state index contributed by atoms with van der Waals surface area (Å²) in [6.45, 7) is 1.84. The molecule has 2 rings (SSSR count). The van der Waals surface area contributed by atoms with Gasteiger partial charge in [-0.25, -0.2) is 9.78 Å². The van der Waals surface area contributed by atoms with Crippen LogP contribution >= 0.6 is 11.6 Å². The Morgan fingerprint density at radius 3 is 2.67 bits per heavy atom. The normalized spacial score (nSPS) is 10.0. The molecule has 108 valence electrons. The zero-order valence-electron chi connectivity index (χ0n) is 11.5. The van der Waals surface area contributed by atoms with Gasteiger partial charge in [0.2, 0.25) is 0 Å². The zero-order valence-corrected chi connectivity index (χ0v) is 12.3. The lowest BCUT2D eigenvalue weighted by Gasteiger charge is -2.11. The van der Waals surface area contributed by atoms with Gasteiger partial charge in [-0.05, 0) is 31.2 Å². The Kier molecular flexibility index (Phi) is 4.55. The molecule has 1 N–H and O–H groups in total. The molecule has 0 spiro atoms. The number of halogens is 1. The third-order valence-electron chi connectivity index (χ3n) is 2.83. The molecule has 0 fully saturated rings. The number of hydrogen-bond donors (Lipinski definition) is 1. The van der Waals surface area contributed by atoms with Gasteiger partial charge in [-0.3, -0.25) is 4.79 Å². The van der Waals surface area contributed by atoms with Crippen LogP contribution in [-0.4, -0.2) is 24.0 Å². The minimum atomic E-state index is -0.522. The van der Waals surface area contributed by atoms with Gasteiger partial charge in [-0.2, -0.15) is 0 Å². The quantitative estimate of drug-likeness (QED) is 0.699. The lowest BCUT2D eigenvalue weighted by Crippen LogP contribution is -2.16. The molecule has 0 atom stereocenters. The first-order valence-corrected chi connectivity index (χ1v) is 6.51. The van der Waals surface area contributed by atoms with Gasteiger partial charge in [-0.15, -0.1) is 0 Å². The average molecular weight is 305 g/mol. The zero-order chi connectivity index (χ0) is 15.4. The van der Waals surface area contributed by atoms with Crippen LogP contribution in [0.25, 0.3) is 0 Å². The summed E-state index contributed by atoms with van der Waals surface area (Å²) in [6.07, 6.45) is 1.49. The Bertz CT molecular complexity index is 701. The van der Waals surface area contributed by atoms with Gasteiger partial charge in [0.1, 0.15) is 5.15 Å². The minimum Gasteiger partial charge on any atom is -0.465 e. The number of carbonyl (C=O) groups excluding carboxylic acids is 2. The molecule has 5 nitrogen and oxygen atoms in total. The van der Waals surface area contributed by atoms with Gasteiger partial charge in [0.15, 0.2) is 0 Å². The summed E-state index contributed by atoms with van der Waals surface area (Å²) in [5, 5.41) is 2.74. The Balaban J connectivity index is 2.34. The number of esters is 1. The van der Waals surface area contributed by atoms with Crippen molar-refractivity contribution in [2.45, 2.75) is 6.92 Å². The molecule has 0 radical (unpaired) electrons. The summed E-state index contributed by atoms with van der Waals surface area (Å²) in [5.74, 6) is -0.964. The van der Waals surface area contributed by atoms with E-state index in [9.17, 15) is 9.59 Å². The van der Waals surface area contributed by atoms with Crippen LogP contribution in [0.5, 0.6) is 0 Å². The maximum Gasteiger partial charge on any atom is 0.339 e. The second kappa shape index (κ2) is 6.37. The first kappa shape index (κ1) is 15.0. The van der Waals surface area contributed by atoms with Gasteiger partial charge >= 0.3 is 5.97 Å². The smallest absolute Gasteiger partial charge is 0.339 e. The van der Waals surface area contributed by atoms with Crippen molar-refractivity contribution in [3.63, 3.8) is 0 Å². The topological polar surface area (TPSA) is 68.3 Å². The fourth-order valence-electron chi connectivity index (χ4n) is 1.79. The van der Waals surface area contributed by atoms with Crippen LogP contribution < -0.4 is 5.32 Å². The molecule has 2 aromatic rings. The van der Waals surface area contributed by atoms with Gasteiger partial charge in [0.25, 0.3) is 5.91 Å². The number of pyridine rings is 1. The molecule has 1 heterocycles. The van der Waals surface area contributed by atoms with Crippen molar-refractivity contribution in [1.82, 2.24) is 4.98 Å². The number of nitrogens with one attached hydrogen (secondary N) is 1. The molecular formula is C15H13ClN2O3. The Morgan fingerprint density at radius 1 is 1.24 bits per heavy atom. The number of aryl methyl sites for hydroxylation is 1. The monoisotopic (exact) mass is 304 g/mol. The number of ether oxygens (including phenoxy) is 1. The van der Waals surface area contributed by atoms with Crippen LogP contribution in [0.15, 0.2) is 36.5 Å². The van der Waals surface area contributed by atoms with Crippen molar-refractivity contribution >= 4 is 29.2 Å². The van der Waals surface area contributed by atoms with E-state index in [2.05, 4.69) is 10.3 Å². The van der Waals surface area contributed by atoms with Crippen molar-refractivity contribution in [2.75, 3.05) is 12.4 Å². The number of carbonyl (C=O) groups is 2. The molecule has 0 saturated carbocycles. The number of hydrogen-bond acceptors (Lipinski definition) is 4. The highest BCUT2D eigenvalue weighted by Crippen LogP contribution is 2.20. The molecule has 0 unspecified atom stereocenters. The molecule has 0 saturated heterocycles. The fraction of sp³-hybridized carbons (Fsp3) is 0.133. The van der Waals surface area contributed by atoms with E-state index in [-0.39, 0.29) is 16.3 Å². The summed E-state index contributed by atoms with van der Waals surface area (Å²) >= 11 is 5.88. The first-order valence-electron chi connectivity index (χ1n) is 6.13. The third-order valence-corrected chi connectivity index (χ3v) is 3.13. The summed E-state index contributed by atoms with van der Waals surface area (Å²) in [5.41, 5.74) is 1.76. The van der Waals surface area contributed by atoms with Crippen molar-refractivity contribution in [3.05, 3.63) is 58.4 Å². The third kappa shape index (κ3) is 3.38.